The maximum absolute atomic E-state index is 12.8. The van der Waals surface area contributed by atoms with E-state index in [9.17, 15) is 8.42 Å². The van der Waals surface area contributed by atoms with Crippen molar-refractivity contribution >= 4 is 10.0 Å². The summed E-state index contributed by atoms with van der Waals surface area (Å²) in [7, 11) is -1.72. The number of nitrogens with one attached hydrogen (secondary N) is 1. The van der Waals surface area contributed by atoms with Crippen LogP contribution in [0.2, 0.25) is 0 Å². The number of hydrogen-bond acceptors (Lipinski definition) is 3. The van der Waals surface area contributed by atoms with E-state index in [0.717, 1.165) is 17.8 Å². The van der Waals surface area contributed by atoms with Gasteiger partial charge in [0.1, 0.15) is 4.90 Å². The van der Waals surface area contributed by atoms with Crippen LogP contribution in [0.5, 0.6) is 0 Å². The van der Waals surface area contributed by atoms with Crippen molar-refractivity contribution in [2.75, 3.05) is 0 Å². The normalized spacial score (nSPS) is 37.3. The van der Waals surface area contributed by atoms with Crippen molar-refractivity contribution in [3.63, 3.8) is 0 Å². The molecule has 1 aromatic heterocycles. The number of hydrogen-bond donors (Lipinski definition) is 1. The van der Waals surface area contributed by atoms with Gasteiger partial charge in [0, 0.05) is 13.1 Å². The SMILES string of the molecule is Cc1c(S(=O)(=O)NC(C)C23CC4CC(CC(C4)C2)C3)cnn1C. The average molecular weight is 337 g/mol. The van der Waals surface area contributed by atoms with Crippen LogP contribution in [0, 0.1) is 30.1 Å². The molecule has 23 heavy (non-hydrogen) atoms. The average Bonchev–Trinajstić information content (AvgIpc) is 2.77. The minimum absolute atomic E-state index is 0.000469. The van der Waals surface area contributed by atoms with E-state index in [1.165, 1.54) is 44.7 Å². The predicted molar refractivity (Wildman–Crippen MR) is 88.3 cm³/mol. The summed E-state index contributed by atoms with van der Waals surface area (Å²) in [6.45, 7) is 3.88. The van der Waals surface area contributed by atoms with Gasteiger partial charge in [-0.15, -0.1) is 0 Å². The first kappa shape index (κ1) is 15.6. The fourth-order valence-electron chi connectivity index (χ4n) is 5.87. The van der Waals surface area contributed by atoms with Crippen molar-refractivity contribution in [3.8, 4) is 0 Å². The summed E-state index contributed by atoms with van der Waals surface area (Å²) >= 11 is 0. The third-order valence-corrected chi connectivity index (χ3v) is 8.46. The van der Waals surface area contributed by atoms with Gasteiger partial charge in [-0.05, 0) is 75.5 Å². The van der Waals surface area contributed by atoms with Crippen LogP contribution in [0.15, 0.2) is 11.1 Å². The first-order chi connectivity index (χ1) is 10.8. The highest BCUT2D eigenvalue weighted by Gasteiger charge is 2.53. The van der Waals surface area contributed by atoms with E-state index < -0.39 is 10.0 Å². The van der Waals surface area contributed by atoms with Gasteiger partial charge in [0.2, 0.25) is 10.0 Å². The van der Waals surface area contributed by atoms with E-state index >= 15 is 0 Å². The molecule has 0 amide bonds. The molecule has 0 saturated heterocycles. The Morgan fingerprint density at radius 1 is 1.22 bits per heavy atom. The van der Waals surface area contributed by atoms with Gasteiger partial charge in [-0.1, -0.05) is 0 Å². The van der Waals surface area contributed by atoms with Crippen LogP contribution in [-0.4, -0.2) is 24.2 Å². The molecule has 5 nitrogen and oxygen atoms in total. The molecule has 0 spiro atoms. The molecule has 4 aliphatic rings. The van der Waals surface area contributed by atoms with Gasteiger partial charge in [-0.25, -0.2) is 13.1 Å². The molecule has 0 aliphatic heterocycles. The van der Waals surface area contributed by atoms with Gasteiger partial charge >= 0.3 is 0 Å². The number of rotatable bonds is 4. The fourth-order valence-corrected chi connectivity index (χ4v) is 7.42. The van der Waals surface area contributed by atoms with Crippen molar-refractivity contribution in [1.82, 2.24) is 14.5 Å². The third kappa shape index (κ3) is 2.45. The molecule has 1 atom stereocenters. The molecular weight excluding hydrogens is 310 g/mol. The highest BCUT2D eigenvalue weighted by atomic mass is 32.2. The van der Waals surface area contributed by atoms with E-state index in [0.29, 0.717) is 10.6 Å². The molecule has 4 fully saturated rings. The Hall–Kier alpha value is -0.880. The van der Waals surface area contributed by atoms with Gasteiger partial charge in [0.05, 0.1) is 11.9 Å². The number of aryl methyl sites for hydroxylation is 1. The van der Waals surface area contributed by atoms with Crippen molar-refractivity contribution in [2.24, 2.45) is 30.2 Å². The molecule has 0 radical (unpaired) electrons. The molecule has 1 N–H and O–H groups in total. The molecule has 128 valence electrons. The summed E-state index contributed by atoms with van der Waals surface area (Å²) in [6.07, 6.45) is 9.20. The summed E-state index contributed by atoms with van der Waals surface area (Å²) in [5, 5.41) is 4.08. The van der Waals surface area contributed by atoms with Crippen LogP contribution < -0.4 is 4.72 Å². The van der Waals surface area contributed by atoms with E-state index in [2.05, 4.69) is 16.7 Å². The van der Waals surface area contributed by atoms with Gasteiger partial charge in [-0.3, -0.25) is 4.68 Å². The van der Waals surface area contributed by atoms with Crippen molar-refractivity contribution in [3.05, 3.63) is 11.9 Å². The first-order valence-electron chi connectivity index (χ1n) is 8.80. The first-order valence-corrected chi connectivity index (χ1v) is 10.3. The Morgan fingerprint density at radius 2 is 1.74 bits per heavy atom. The van der Waals surface area contributed by atoms with E-state index in [4.69, 9.17) is 0 Å². The maximum atomic E-state index is 12.8. The molecule has 1 unspecified atom stereocenters. The van der Waals surface area contributed by atoms with E-state index in [1.54, 1.807) is 18.7 Å². The van der Waals surface area contributed by atoms with Crippen molar-refractivity contribution in [1.29, 1.82) is 0 Å². The molecule has 4 saturated carbocycles. The Kier molecular flexibility index (Phi) is 3.44. The lowest BCUT2D eigenvalue weighted by molar-refractivity contribution is -0.0666. The lowest BCUT2D eigenvalue weighted by atomic mass is 9.48. The van der Waals surface area contributed by atoms with Gasteiger partial charge < -0.3 is 0 Å². The van der Waals surface area contributed by atoms with Gasteiger partial charge in [-0.2, -0.15) is 5.10 Å². The smallest absolute Gasteiger partial charge is 0.244 e. The van der Waals surface area contributed by atoms with E-state index in [1.807, 2.05) is 0 Å². The highest BCUT2D eigenvalue weighted by Crippen LogP contribution is 2.61. The molecular formula is C17H27N3O2S. The number of sulfonamides is 1. The van der Waals surface area contributed by atoms with Crippen molar-refractivity contribution in [2.45, 2.75) is 63.3 Å². The topological polar surface area (TPSA) is 64.0 Å². The Labute approximate surface area is 138 Å². The quantitative estimate of drug-likeness (QED) is 0.918. The molecule has 6 heteroatoms. The van der Waals surface area contributed by atoms with E-state index in [-0.39, 0.29) is 11.5 Å². The standard InChI is InChI=1S/C17H27N3O2S/c1-11-16(10-18-20(11)3)23(21,22)19-12(2)17-7-13-4-14(8-17)6-15(5-13)9-17/h10,12-15,19H,4-9H2,1-3H3. The molecule has 5 rings (SSSR count). The minimum Gasteiger partial charge on any atom is -0.272 e. The monoisotopic (exact) mass is 337 g/mol. The van der Waals surface area contributed by atoms with Crippen LogP contribution in [0.4, 0.5) is 0 Å². The molecule has 1 heterocycles. The highest BCUT2D eigenvalue weighted by molar-refractivity contribution is 7.89. The van der Waals surface area contributed by atoms with Crippen LogP contribution in [0.3, 0.4) is 0 Å². The number of aromatic nitrogens is 2. The lowest BCUT2D eigenvalue weighted by Crippen LogP contribution is -2.55. The maximum Gasteiger partial charge on any atom is 0.244 e. The largest absolute Gasteiger partial charge is 0.272 e. The van der Waals surface area contributed by atoms with Crippen molar-refractivity contribution < 1.29 is 8.42 Å². The lowest BCUT2D eigenvalue weighted by Gasteiger charge is -2.59. The second-order valence-electron chi connectivity index (χ2n) is 8.34. The molecule has 0 aromatic carbocycles. The Balaban J connectivity index is 1.58. The third-order valence-electron chi connectivity index (χ3n) is 6.82. The number of nitrogens with zero attached hydrogens (tertiary/aromatic N) is 2. The van der Waals surface area contributed by atoms with Crippen LogP contribution >= 0.6 is 0 Å². The second kappa shape index (κ2) is 5.06. The van der Waals surface area contributed by atoms with Gasteiger partial charge in [0.25, 0.3) is 0 Å². The predicted octanol–water partition coefficient (Wildman–Crippen LogP) is 2.61. The second-order valence-corrected chi connectivity index (χ2v) is 10.0. The summed E-state index contributed by atoms with van der Waals surface area (Å²) in [4.78, 5) is 0.316. The summed E-state index contributed by atoms with van der Waals surface area (Å²) in [6, 6.07) is 0.000469. The van der Waals surface area contributed by atoms with Crippen LogP contribution in [-0.2, 0) is 17.1 Å². The van der Waals surface area contributed by atoms with Crippen LogP contribution in [0.1, 0.15) is 51.1 Å². The Morgan fingerprint density at radius 3 is 2.17 bits per heavy atom. The molecule has 1 aromatic rings. The molecule has 4 bridgehead atoms. The van der Waals surface area contributed by atoms with Crippen LogP contribution in [0.25, 0.3) is 0 Å². The minimum atomic E-state index is -3.50. The zero-order valence-electron chi connectivity index (χ0n) is 14.2. The fraction of sp³-hybridized carbons (Fsp3) is 0.824. The summed E-state index contributed by atoms with van der Waals surface area (Å²) < 4.78 is 30.2. The Bertz CT molecular complexity index is 687. The summed E-state index contributed by atoms with van der Waals surface area (Å²) in [5.74, 6) is 2.48. The van der Waals surface area contributed by atoms with Gasteiger partial charge in [0.15, 0.2) is 0 Å². The zero-order valence-corrected chi connectivity index (χ0v) is 15.1. The zero-order chi connectivity index (χ0) is 16.4. The molecule has 4 aliphatic carbocycles. The summed E-state index contributed by atoms with van der Waals surface area (Å²) in [5.41, 5.74) is 0.869.